The Labute approximate surface area is 160 Å². The zero-order valence-electron chi connectivity index (χ0n) is 15.5. The summed E-state index contributed by atoms with van der Waals surface area (Å²) in [5.41, 5.74) is 1.87. The molecule has 2 aromatic rings. The summed E-state index contributed by atoms with van der Waals surface area (Å²) in [5.74, 6) is 0.523. The quantitative estimate of drug-likeness (QED) is 0.670. The standard InChI is InChI=1S/C20H24N2O4S/c1-4-13-22(27(3,24)25)18-11-9-17(10-12-18)20(23)21-15-16-7-6-8-19(14-16)26-5-2/h4,6-12,14H,1,5,13,15H2,2-3H3,(H,21,23). The maximum Gasteiger partial charge on any atom is 0.251 e. The van der Waals surface area contributed by atoms with Gasteiger partial charge in [-0.1, -0.05) is 18.2 Å². The van der Waals surface area contributed by atoms with Crippen LogP contribution in [-0.4, -0.2) is 33.7 Å². The number of nitrogens with zero attached hydrogens (tertiary/aromatic N) is 1. The van der Waals surface area contributed by atoms with Gasteiger partial charge in [-0.2, -0.15) is 0 Å². The highest BCUT2D eigenvalue weighted by Gasteiger charge is 2.16. The number of amides is 1. The third-order valence-corrected chi connectivity index (χ3v) is 4.94. The molecule has 6 nitrogen and oxygen atoms in total. The van der Waals surface area contributed by atoms with Crippen LogP contribution in [0.25, 0.3) is 0 Å². The summed E-state index contributed by atoms with van der Waals surface area (Å²) in [4.78, 5) is 12.3. The van der Waals surface area contributed by atoms with Crippen LogP contribution >= 0.6 is 0 Å². The molecule has 0 heterocycles. The predicted molar refractivity (Wildman–Crippen MR) is 108 cm³/mol. The van der Waals surface area contributed by atoms with Crippen LogP contribution in [-0.2, 0) is 16.6 Å². The number of benzene rings is 2. The normalized spacial score (nSPS) is 10.9. The number of carbonyl (C=O) groups excluding carboxylic acids is 1. The van der Waals surface area contributed by atoms with Crippen LogP contribution in [0, 0.1) is 0 Å². The van der Waals surface area contributed by atoms with Crippen molar-refractivity contribution in [2.45, 2.75) is 13.5 Å². The van der Waals surface area contributed by atoms with Crippen LogP contribution in [0.2, 0.25) is 0 Å². The van der Waals surface area contributed by atoms with Crippen LogP contribution in [0.3, 0.4) is 0 Å². The second-order valence-corrected chi connectivity index (χ2v) is 7.80. The lowest BCUT2D eigenvalue weighted by Gasteiger charge is -2.20. The van der Waals surface area contributed by atoms with E-state index in [1.54, 1.807) is 24.3 Å². The lowest BCUT2D eigenvalue weighted by molar-refractivity contribution is 0.0951. The van der Waals surface area contributed by atoms with Crippen molar-refractivity contribution >= 4 is 21.6 Å². The van der Waals surface area contributed by atoms with E-state index in [2.05, 4.69) is 11.9 Å². The fourth-order valence-electron chi connectivity index (χ4n) is 2.52. The van der Waals surface area contributed by atoms with Gasteiger partial charge in [0, 0.05) is 12.1 Å². The van der Waals surface area contributed by atoms with Gasteiger partial charge in [0.15, 0.2) is 0 Å². The highest BCUT2D eigenvalue weighted by Crippen LogP contribution is 2.18. The minimum Gasteiger partial charge on any atom is -0.494 e. The topological polar surface area (TPSA) is 75.7 Å². The highest BCUT2D eigenvalue weighted by molar-refractivity contribution is 7.92. The molecule has 144 valence electrons. The minimum atomic E-state index is -3.42. The second-order valence-electron chi connectivity index (χ2n) is 5.89. The SMILES string of the molecule is C=CCN(c1ccc(C(=O)NCc2cccc(OCC)c2)cc1)S(C)(=O)=O. The molecule has 1 amide bonds. The molecule has 0 aliphatic carbocycles. The number of hydrogen-bond acceptors (Lipinski definition) is 4. The predicted octanol–water partition coefficient (Wildman–Crippen LogP) is 2.97. The molecule has 0 fully saturated rings. The fourth-order valence-corrected chi connectivity index (χ4v) is 3.41. The van der Waals surface area contributed by atoms with Crippen molar-refractivity contribution in [3.05, 3.63) is 72.3 Å². The Kier molecular flexibility index (Phi) is 7.01. The maximum atomic E-state index is 12.3. The number of nitrogens with one attached hydrogen (secondary N) is 1. The first kappa shape index (κ1) is 20.5. The number of hydrogen-bond donors (Lipinski definition) is 1. The maximum absolute atomic E-state index is 12.3. The van der Waals surface area contributed by atoms with Gasteiger partial charge < -0.3 is 10.1 Å². The molecule has 1 N–H and O–H groups in total. The summed E-state index contributed by atoms with van der Waals surface area (Å²) in [7, 11) is -3.42. The Morgan fingerprint density at radius 1 is 1.22 bits per heavy atom. The van der Waals surface area contributed by atoms with Crippen LogP contribution in [0.15, 0.2) is 61.2 Å². The number of sulfonamides is 1. The molecule has 0 bridgehead atoms. The van der Waals surface area contributed by atoms with Crippen molar-refractivity contribution in [1.82, 2.24) is 5.32 Å². The molecule has 0 aromatic heterocycles. The zero-order valence-corrected chi connectivity index (χ0v) is 16.3. The van der Waals surface area contributed by atoms with Crippen molar-refractivity contribution in [3.63, 3.8) is 0 Å². The lowest BCUT2D eigenvalue weighted by atomic mass is 10.1. The fraction of sp³-hybridized carbons (Fsp3) is 0.250. The van der Waals surface area contributed by atoms with Crippen LogP contribution in [0.5, 0.6) is 5.75 Å². The van der Waals surface area contributed by atoms with Gasteiger partial charge in [-0.25, -0.2) is 8.42 Å². The van der Waals surface area contributed by atoms with Crippen LogP contribution < -0.4 is 14.4 Å². The summed E-state index contributed by atoms with van der Waals surface area (Å²) >= 11 is 0. The first-order chi connectivity index (χ1) is 12.8. The Balaban J connectivity index is 2.05. The zero-order chi connectivity index (χ0) is 19.9. The average Bonchev–Trinajstić information content (AvgIpc) is 2.64. The first-order valence-electron chi connectivity index (χ1n) is 8.53. The van der Waals surface area contributed by atoms with E-state index in [1.807, 2.05) is 31.2 Å². The van der Waals surface area contributed by atoms with Gasteiger partial charge in [0.05, 0.1) is 25.1 Å². The minimum absolute atomic E-state index is 0.167. The average molecular weight is 388 g/mol. The van der Waals surface area contributed by atoms with Crippen molar-refractivity contribution in [2.75, 3.05) is 23.7 Å². The molecule has 0 saturated carbocycles. The lowest BCUT2D eigenvalue weighted by Crippen LogP contribution is -2.30. The van der Waals surface area contributed by atoms with Crippen molar-refractivity contribution < 1.29 is 17.9 Å². The number of rotatable bonds is 9. The Hall–Kier alpha value is -2.80. The van der Waals surface area contributed by atoms with E-state index >= 15 is 0 Å². The molecule has 0 aliphatic heterocycles. The first-order valence-corrected chi connectivity index (χ1v) is 10.4. The van der Waals surface area contributed by atoms with Gasteiger partial charge >= 0.3 is 0 Å². The summed E-state index contributed by atoms with van der Waals surface area (Å²) < 4.78 is 30.4. The molecule has 0 unspecified atom stereocenters. The molecule has 7 heteroatoms. The Morgan fingerprint density at radius 2 is 1.93 bits per heavy atom. The monoisotopic (exact) mass is 388 g/mol. The molecule has 0 atom stereocenters. The smallest absolute Gasteiger partial charge is 0.251 e. The van der Waals surface area contributed by atoms with Crippen molar-refractivity contribution in [1.29, 1.82) is 0 Å². The molecule has 27 heavy (non-hydrogen) atoms. The third kappa shape index (κ3) is 5.86. The van der Waals surface area contributed by atoms with Gasteiger partial charge in [0.25, 0.3) is 5.91 Å². The molecule has 0 saturated heterocycles. The van der Waals surface area contributed by atoms with Gasteiger partial charge in [-0.05, 0) is 48.9 Å². The molecular formula is C20H24N2O4S. The molecule has 0 aliphatic rings. The highest BCUT2D eigenvalue weighted by atomic mass is 32.2. The second kappa shape index (κ2) is 9.23. The van der Waals surface area contributed by atoms with Crippen molar-refractivity contribution in [3.8, 4) is 5.75 Å². The van der Waals surface area contributed by atoms with E-state index in [4.69, 9.17) is 4.74 Å². The Bertz CT molecular complexity index is 892. The van der Waals surface area contributed by atoms with E-state index < -0.39 is 10.0 Å². The van der Waals surface area contributed by atoms with Crippen LogP contribution in [0.4, 0.5) is 5.69 Å². The molecular weight excluding hydrogens is 364 g/mol. The summed E-state index contributed by atoms with van der Waals surface area (Å²) in [6, 6.07) is 13.9. The van der Waals surface area contributed by atoms with E-state index in [0.29, 0.717) is 24.4 Å². The molecule has 0 spiro atoms. The van der Waals surface area contributed by atoms with E-state index in [9.17, 15) is 13.2 Å². The van der Waals surface area contributed by atoms with Crippen molar-refractivity contribution in [2.24, 2.45) is 0 Å². The van der Waals surface area contributed by atoms with Gasteiger partial charge in [0.1, 0.15) is 5.75 Å². The van der Waals surface area contributed by atoms with E-state index in [1.165, 1.54) is 10.4 Å². The Morgan fingerprint density at radius 3 is 2.52 bits per heavy atom. The van der Waals surface area contributed by atoms with Gasteiger partial charge in [0.2, 0.25) is 10.0 Å². The summed E-state index contributed by atoms with van der Waals surface area (Å²) in [5, 5.41) is 2.85. The molecule has 0 radical (unpaired) electrons. The summed E-state index contributed by atoms with van der Waals surface area (Å²) in [6.07, 6.45) is 2.64. The molecule has 2 aromatic carbocycles. The number of anilines is 1. The molecule has 2 rings (SSSR count). The summed E-state index contributed by atoms with van der Waals surface area (Å²) in [6.45, 7) is 6.61. The largest absolute Gasteiger partial charge is 0.494 e. The van der Waals surface area contributed by atoms with E-state index in [-0.39, 0.29) is 12.5 Å². The number of carbonyl (C=O) groups is 1. The van der Waals surface area contributed by atoms with E-state index in [0.717, 1.165) is 17.6 Å². The van der Waals surface area contributed by atoms with Gasteiger partial charge in [-0.15, -0.1) is 6.58 Å². The third-order valence-electron chi connectivity index (χ3n) is 3.78. The number of ether oxygens (including phenoxy) is 1. The van der Waals surface area contributed by atoms with Crippen LogP contribution in [0.1, 0.15) is 22.8 Å². The van der Waals surface area contributed by atoms with Gasteiger partial charge in [-0.3, -0.25) is 9.10 Å².